The molecule has 1 aliphatic carbocycles. The summed E-state index contributed by atoms with van der Waals surface area (Å²) in [4.78, 5) is 16.3. The van der Waals surface area contributed by atoms with E-state index in [1.165, 1.54) is 6.42 Å². The van der Waals surface area contributed by atoms with Crippen molar-refractivity contribution >= 4 is 47.6 Å². The molecule has 0 heterocycles. The number of nitrogens with one attached hydrogen (secondary N) is 3. The maximum absolute atomic E-state index is 11.7. The lowest BCUT2D eigenvalue weighted by molar-refractivity contribution is -0.127. The molecule has 1 saturated carbocycles. The minimum atomic E-state index is 0. The van der Waals surface area contributed by atoms with Crippen LogP contribution < -0.4 is 16.0 Å². The fourth-order valence-corrected chi connectivity index (χ4v) is 2.19. The quantitative estimate of drug-likeness (QED) is 0.216. The van der Waals surface area contributed by atoms with Gasteiger partial charge < -0.3 is 16.0 Å². The summed E-state index contributed by atoms with van der Waals surface area (Å²) in [6, 6.07) is 0. The minimum absolute atomic E-state index is 0. The molecular formula is C16H33IN4OS. The zero-order valence-corrected chi connectivity index (χ0v) is 18.1. The van der Waals surface area contributed by atoms with E-state index < -0.39 is 0 Å². The third-order valence-electron chi connectivity index (χ3n) is 3.94. The van der Waals surface area contributed by atoms with Gasteiger partial charge in [-0.1, -0.05) is 6.42 Å². The smallest absolute Gasteiger partial charge is 0.223 e. The highest BCUT2D eigenvalue weighted by Gasteiger charge is 2.24. The standard InChI is InChI=1S/C16H32N4OS.HI/c1-5-17-15(20-12-16(2,3)22-4)19-11-7-10-18-14(21)13-8-6-9-13;/h13H,5-12H2,1-4H3,(H,18,21)(H2,17,19,20);1H. The molecule has 0 atom stereocenters. The van der Waals surface area contributed by atoms with Crippen molar-refractivity contribution < 1.29 is 4.79 Å². The van der Waals surface area contributed by atoms with Gasteiger partial charge in [0.1, 0.15) is 0 Å². The number of carbonyl (C=O) groups excluding carboxylic acids is 1. The van der Waals surface area contributed by atoms with E-state index in [0.717, 1.165) is 51.4 Å². The first-order valence-corrected chi connectivity index (χ1v) is 9.56. The summed E-state index contributed by atoms with van der Waals surface area (Å²) in [7, 11) is 0. The highest BCUT2D eigenvalue weighted by molar-refractivity contribution is 14.0. The van der Waals surface area contributed by atoms with Crippen LogP contribution in [0, 0.1) is 5.92 Å². The molecule has 136 valence electrons. The van der Waals surface area contributed by atoms with Crippen LogP contribution in [0.4, 0.5) is 0 Å². The number of halogens is 1. The summed E-state index contributed by atoms with van der Waals surface area (Å²) in [6.45, 7) is 9.64. The van der Waals surface area contributed by atoms with Gasteiger partial charge in [-0.25, -0.2) is 0 Å². The average Bonchev–Trinajstić information content (AvgIpc) is 2.42. The number of hydrogen-bond acceptors (Lipinski definition) is 3. The molecule has 0 unspecified atom stereocenters. The lowest BCUT2D eigenvalue weighted by atomic mass is 9.85. The van der Waals surface area contributed by atoms with E-state index in [-0.39, 0.29) is 40.5 Å². The highest BCUT2D eigenvalue weighted by Crippen LogP contribution is 2.26. The number of guanidine groups is 1. The van der Waals surface area contributed by atoms with Gasteiger partial charge in [-0.15, -0.1) is 24.0 Å². The van der Waals surface area contributed by atoms with Crippen LogP contribution >= 0.6 is 35.7 Å². The summed E-state index contributed by atoms with van der Waals surface area (Å²) >= 11 is 1.82. The summed E-state index contributed by atoms with van der Waals surface area (Å²) < 4.78 is 0.152. The molecule has 0 spiro atoms. The van der Waals surface area contributed by atoms with Gasteiger partial charge in [0.05, 0.1) is 6.54 Å². The van der Waals surface area contributed by atoms with Crippen molar-refractivity contribution in [1.82, 2.24) is 16.0 Å². The van der Waals surface area contributed by atoms with Gasteiger partial charge in [0.25, 0.3) is 0 Å². The van der Waals surface area contributed by atoms with Gasteiger partial charge in [0, 0.05) is 30.3 Å². The molecule has 0 aromatic carbocycles. The second-order valence-electron chi connectivity index (χ2n) is 6.36. The number of amides is 1. The van der Waals surface area contributed by atoms with Gasteiger partial charge in [-0.2, -0.15) is 11.8 Å². The van der Waals surface area contributed by atoms with Crippen LogP contribution in [0.2, 0.25) is 0 Å². The van der Waals surface area contributed by atoms with Crippen molar-refractivity contribution in [1.29, 1.82) is 0 Å². The number of rotatable bonds is 9. The molecule has 3 N–H and O–H groups in total. The molecule has 0 aromatic rings. The van der Waals surface area contributed by atoms with Gasteiger partial charge >= 0.3 is 0 Å². The summed E-state index contributed by atoms with van der Waals surface area (Å²) in [5, 5.41) is 9.60. The average molecular weight is 456 g/mol. The van der Waals surface area contributed by atoms with Gasteiger partial charge in [-0.05, 0) is 46.3 Å². The molecule has 1 aliphatic rings. The summed E-state index contributed by atoms with van der Waals surface area (Å²) in [6.07, 6.45) is 6.35. The van der Waals surface area contributed by atoms with E-state index in [1.807, 2.05) is 11.8 Å². The third-order valence-corrected chi connectivity index (χ3v) is 5.17. The van der Waals surface area contributed by atoms with Crippen LogP contribution in [-0.2, 0) is 4.79 Å². The van der Waals surface area contributed by atoms with Crippen molar-refractivity contribution in [3.8, 4) is 0 Å². The maximum atomic E-state index is 11.7. The molecule has 1 fully saturated rings. The Morgan fingerprint density at radius 3 is 2.39 bits per heavy atom. The Bertz CT molecular complexity index is 373. The van der Waals surface area contributed by atoms with Gasteiger partial charge in [-0.3, -0.25) is 9.79 Å². The number of carbonyl (C=O) groups is 1. The van der Waals surface area contributed by atoms with Crippen LogP contribution in [0.5, 0.6) is 0 Å². The predicted molar refractivity (Wildman–Crippen MR) is 112 cm³/mol. The van der Waals surface area contributed by atoms with Crippen molar-refractivity contribution in [2.45, 2.75) is 51.2 Å². The molecule has 0 radical (unpaired) electrons. The Morgan fingerprint density at radius 2 is 1.87 bits per heavy atom. The highest BCUT2D eigenvalue weighted by atomic mass is 127. The SMILES string of the molecule is CCNC(=NCC(C)(C)SC)NCCCNC(=O)C1CCC1.I. The lowest BCUT2D eigenvalue weighted by Crippen LogP contribution is -2.40. The zero-order valence-electron chi connectivity index (χ0n) is 14.9. The molecular weight excluding hydrogens is 423 g/mol. The van der Waals surface area contributed by atoms with E-state index >= 15 is 0 Å². The Morgan fingerprint density at radius 1 is 1.22 bits per heavy atom. The number of aliphatic imine (C=N–C) groups is 1. The Labute approximate surface area is 162 Å². The van der Waals surface area contributed by atoms with Crippen LogP contribution in [0.25, 0.3) is 0 Å². The largest absolute Gasteiger partial charge is 0.357 e. The van der Waals surface area contributed by atoms with E-state index in [4.69, 9.17) is 0 Å². The van der Waals surface area contributed by atoms with Gasteiger partial charge in [0.15, 0.2) is 5.96 Å². The molecule has 0 bridgehead atoms. The van der Waals surface area contributed by atoms with E-state index in [2.05, 4.69) is 48.0 Å². The van der Waals surface area contributed by atoms with Crippen LogP contribution in [-0.4, -0.2) is 49.0 Å². The van der Waals surface area contributed by atoms with Gasteiger partial charge in [0.2, 0.25) is 5.91 Å². The molecule has 23 heavy (non-hydrogen) atoms. The molecule has 0 aromatic heterocycles. The van der Waals surface area contributed by atoms with Crippen molar-refractivity contribution in [3.63, 3.8) is 0 Å². The third kappa shape index (κ3) is 9.64. The Balaban J connectivity index is 0.00000484. The first-order valence-electron chi connectivity index (χ1n) is 8.33. The normalized spacial score (nSPS) is 15.4. The zero-order chi connectivity index (χ0) is 16.4. The number of hydrogen-bond donors (Lipinski definition) is 3. The maximum Gasteiger partial charge on any atom is 0.223 e. The first kappa shape index (κ1) is 22.8. The van der Waals surface area contributed by atoms with E-state index in [1.54, 1.807) is 0 Å². The fraction of sp³-hybridized carbons (Fsp3) is 0.875. The Kier molecular flexibility index (Phi) is 12.1. The van der Waals surface area contributed by atoms with Crippen LogP contribution in [0.1, 0.15) is 46.5 Å². The number of nitrogens with zero attached hydrogens (tertiary/aromatic N) is 1. The first-order chi connectivity index (χ1) is 10.5. The number of thioether (sulfide) groups is 1. The molecule has 7 heteroatoms. The van der Waals surface area contributed by atoms with E-state index in [9.17, 15) is 4.79 Å². The predicted octanol–water partition coefficient (Wildman–Crippen LogP) is 2.61. The molecule has 5 nitrogen and oxygen atoms in total. The van der Waals surface area contributed by atoms with Crippen LogP contribution in [0.3, 0.4) is 0 Å². The van der Waals surface area contributed by atoms with Crippen molar-refractivity contribution in [2.24, 2.45) is 10.9 Å². The fourth-order valence-electron chi connectivity index (χ4n) is 2.00. The van der Waals surface area contributed by atoms with Crippen LogP contribution in [0.15, 0.2) is 4.99 Å². The second-order valence-corrected chi connectivity index (χ2v) is 7.87. The Hall–Kier alpha value is -0.180. The summed E-state index contributed by atoms with van der Waals surface area (Å²) in [5.41, 5.74) is 0. The molecule has 0 saturated heterocycles. The summed E-state index contributed by atoms with van der Waals surface area (Å²) in [5.74, 6) is 1.36. The lowest BCUT2D eigenvalue weighted by Gasteiger charge is -2.24. The van der Waals surface area contributed by atoms with Crippen molar-refractivity contribution in [2.75, 3.05) is 32.4 Å². The molecule has 1 amide bonds. The molecule has 0 aliphatic heterocycles. The van der Waals surface area contributed by atoms with E-state index in [0.29, 0.717) is 0 Å². The second kappa shape index (κ2) is 12.2. The minimum Gasteiger partial charge on any atom is -0.357 e. The molecule has 1 rings (SSSR count). The monoisotopic (exact) mass is 456 g/mol. The topological polar surface area (TPSA) is 65.5 Å². The van der Waals surface area contributed by atoms with Crippen molar-refractivity contribution in [3.05, 3.63) is 0 Å².